The summed E-state index contributed by atoms with van der Waals surface area (Å²) >= 11 is 7.34. The maximum atomic E-state index is 12.3. The van der Waals surface area contributed by atoms with Crippen molar-refractivity contribution in [1.29, 1.82) is 0 Å². The maximum Gasteiger partial charge on any atom is 0.240 e. The molecule has 1 heterocycles. The molecule has 0 spiro atoms. The van der Waals surface area contributed by atoms with Crippen molar-refractivity contribution in [1.82, 2.24) is 9.88 Å². The quantitative estimate of drug-likeness (QED) is 0.526. The molecule has 3 rings (SSSR count). The molecule has 0 fully saturated rings. The van der Waals surface area contributed by atoms with Gasteiger partial charge in [0.1, 0.15) is 5.75 Å². The fraction of sp³-hybridized carbons (Fsp3) is 0.227. The molecule has 0 bridgehead atoms. The first-order valence-corrected chi connectivity index (χ1v) is 10.7. The van der Waals surface area contributed by atoms with Gasteiger partial charge in [-0.2, -0.15) is 0 Å². The molecule has 0 aliphatic rings. The number of amides is 2. The predicted octanol–water partition coefficient (Wildman–Crippen LogP) is 4.29. The summed E-state index contributed by atoms with van der Waals surface area (Å²) in [6, 6.07) is 13.0. The zero-order chi connectivity index (χ0) is 22.4. The Morgan fingerprint density at radius 3 is 2.45 bits per heavy atom. The van der Waals surface area contributed by atoms with Gasteiger partial charge < -0.3 is 15.4 Å². The number of aryl methyl sites for hydroxylation is 1. The summed E-state index contributed by atoms with van der Waals surface area (Å²) in [6.07, 6.45) is 0. The van der Waals surface area contributed by atoms with Crippen molar-refractivity contribution in [3.05, 3.63) is 58.4 Å². The van der Waals surface area contributed by atoms with Crippen LogP contribution in [0.4, 0.5) is 10.8 Å². The van der Waals surface area contributed by atoms with Crippen LogP contribution in [0.1, 0.15) is 5.56 Å². The minimum absolute atomic E-state index is 0.0234. The second-order valence-corrected chi connectivity index (χ2v) is 8.31. The highest BCUT2D eigenvalue weighted by Crippen LogP contribution is 2.27. The fourth-order valence-electron chi connectivity index (χ4n) is 2.86. The molecule has 2 amide bonds. The number of carbonyl (C=O) groups is 2. The van der Waals surface area contributed by atoms with Gasteiger partial charge in [0, 0.05) is 16.0 Å². The molecule has 0 aliphatic carbocycles. The van der Waals surface area contributed by atoms with Crippen LogP contribution in [0, 0.1) is 6.92 Å². The van der Waals surface area contributed by atoms with Crippen molar-refractivity contribution in [2.45, 2.75) is 6.92 Å². The number of anilines is 2. The Hall–Kier alpha value is -2.94. The molecule has 31 heavy (non-hydrogen) atoms. The molecule has 3 aromatic rings. The van der Waals surface area contributed by atoms with E-state index in [1.807, 2.05) is 36.6 Å². The van der Waals surface area contributed by atoms with Gasteiger partial charge in [0.05, 0.1) is 31.6 Å². The van der Waals surface area contributed by atoms with Crippen molar-refractivity contribution in [3.63, 3.8) is 0 Å². The van der Waals surface area contributed by atoms with E-state index in [1.54, 1.807) is 30.1 Å². The number of rotatable bonds is 8. The lowest BCUT2D eigenvalue weighted by molar-refractivity contribution is -0.119. The number of methoxy groups -OCH3 is 1. The van der Waals surface area contributed by atoms with Crippen LogP contribution in [0.5, 0.6) is 5.75 Å². The van der Waals surface area contributed by atoms with Crippen molar-refractivity contribution in [2.24, 2.45) is 0 Å². The molecular weight excluding hydrogens is 436 g/mol. The largest absolute Gasteiger partial charge is 0.495 e. The van der Waals surface area contributed by atoms with E-state index >= 15 is 0 Å². The van der Waals surface area contributed by atoms with Gasteiger partial charge in [-0.3, -0.25) is 14.5 Å². The zero-order valence-corrected chi connectivity index (χ0v) is 19.0. The normalized spacial score (nSPS) is 10.7. The first kappa shape index (κ1) is 22.7. The number of hydrogen-bond acceptors (Lipinski definition) is 6. The number of hydrogen-bond donors (Lipinski definition) is 2. The van der Waals surface area contributed by atoms with Crippen LogP contribution in [-0.4, -0.2) is 48.9 Å². The van der Waals surface area contributed by atoms with E-state index in [-0.39, 0.29) is 24.9 Å². The second kappa shape index (κ2) is 10.4. The molecule has 2 N–H and O–H groups in total. The van der Waals surface area contributed by atoms with E-state index in [9.17, 15) is 9.59 Å². The number of carbonyl (C=O) groups excluding carboxylic acids is 2. The molecule has 162 valence electrons. The summed E-state index contributed by atoms with van der Waals surface area (Å²) in [5.74, 6) is -0.0292. The monoisotopic (exact) mass is 458 g/mol. The highest BCUT2D eigenvalue weighted by Gasteiger charge is 2.14. The average Bonchev–Trinajstić information content (AvgIpc) is 3.16. The topological polar surface area (TPSA) is 83.6 Å². The lowest BCUT2D eigenvalue weighted by Gasteiger charge is -2.16. The standard InChI is InChI=1S/C22H23ClN4O3S/c1-14-4-6-15(7-5-14)18-13-31-22(25-18)26-21(29)12-27(2)11-20(28)24-17-10-16(23)8-9-19(17)30-3/h4-10,13H,11-12H2,1-3H3,(H,24,28)(H,25,26,29). The summed E-state index contributed by atoms with van der Waals surface area (Å²) in [5.41, 5.74) is 3.45. The minimum atomic E-state index is -0.285. The number of nitrogens with zero attached hydrogens (tertiary/aromatic N) is 2. The number of benzene rings is 2. The van der Waals surface area contributed by atoms with Crippen molar-refractivity contribution >= 4 is 45.6 Å². The third-order valence-electron chi connectivity index (χ3n) is 4.36. The first-order chi connectivity index (χ1) is 14.8. The van der Waals surface area contributed by atoms with Gasteiger partial charge >= 0.3 is 0 Å². The van der Waals surface area contributed by atoms with E-state index in [2.05, 4.69) is 15.6 Å². The van der Waals surface area contributed by atoms with Gasteiger partial charge in [-0.25, -0.2) is 4.98 Å². The van der Waals surface area contributed by atoms with Crippen LogP contribution < -0.4 is 15.4 Å². The molecule has 0 unspecified atom stereocenters. The summed E-state index contributed by atoms with van der Waals surface area (Å²) in [7, 11) is 3.20. The van der Waals surface area contributed by atoms with Crippen molar-refractivity contribution in [2.75, 3.05) is 37.9 Å². The Morgan fingerprint density at radius 1 is 1.10 bits per heavy atom. The van der Waals surface area contributed by atoms with Crippen LogP contribution in [0.15, 0.2) is 47.8 Å². The van der Waals surface area contributed by atoms with Crippen LogP contribution in [-0.2, 0) is 9.59 Å². The van der Waals surface area contributed by atoms with Crippen molar-refractivity contribution < 1.29 is 14.3 Å². The summed E-state index contributed by atoms with van der Waals surface area (Å²) in [4.78, 5) is 30.7. The molecule has 0 saturated heterocycles. The third-order valence-corrected chi connectivity index (χ3v) is 5.35. The average molecular weight is 459 g/mol. The highest BCUT2D eigenvalue weighted by molar-refractivity contribution is 7.14. The van der Waals surface area contributed by atoms with Crippen LogP contribution in [0.2, 0.25) is 5.02 Å². The maximum absolute atomic E-state index is 12.3. The van der Waals surface area contributed by atoms with Gasteiger partial charge in [-0.05, 0) is 32.2 Å². The van der Waals surface area contributed by atoms with E-state index in [0.717, 1.165) is 11.3 Å². The molecule has 1 aromatic heterocycles. The number of aromatic nitrogens is 1. The second-order valence-electron chi connectivity index (χ2n) is 7.02. The molecule has 0 aliphatic heterocycles. The molecule has 7 nitrogen and oxygen atoms in total. The van der Waals surface area contributed by atoms with E-state index in [0.29, 0.717) is 21.6 Å². The SMILES string of the molecule is COc1ccc(Cl)cc1NC(=O)CN(C)CC(=O)Nc1nc(-c2ccc(C)cc2)cs1. The minimum Gasteiger partial charge on any atom is -0.495 e. The lowest BCUT2D eigenvalue weighted by Crippen LogP contribution is -2.36. The third kappa shape index (κ3) is 6.52. The van der Waals surface area contributed by atoms with Gasteiger partial charge in [0.2, 0.25) is 11.8 Å². The van der Waals surface area contributed by atoms with Crippen LogP contribution >= 0.6 is 22.9 Å². The number of thiazole rings is 1. The molecule has 9 heteroatoms. The Morgan fingerprint density at radius 2 is 1.77 bits per heavy atom. The summed E-state index contributed by atoms with van der Waals surface area (Å²) in [5, 5.41) is 8.43. The Labute approximate surface area is 190 Å². The van der Waals surface area contributed by atoms with E-state index in [4.69, 9.17) is 16.3 Å². The fourth-order valence-corrected chi connectivity index (χ4v) is 3.77. The summed E-state index contributed by atoms with van der Waals surface area (Å²) < 4.78 is 5.22. The molecule has 0 saturated carbocycles. The van der Waals surface area contributed by atoms with Crippen LogP contribution in [0.3, 0.4) is 0 Å². The molecule has 2 aromatic carbocycles. The Kier molecular flexibility index (Phi) is 7.62. The molecule has 0 atom stereocenters. The number of nitrogens with one attached hydrogen (secondary N) is 2. The van der Waals surface area contributed by atoms with Gasteiger partial charge in [0.25, 0.3) is 0 Å². The Balaban J connectivity index is 1.51. The zero-order valence-electron chi connectivity index (χ0n) is 17.4. The van der Waals surface area contributed by atoms with Gasteiger partial charge in [-0.1, -0.05) is 41.4 Å². The Bertz CT molecular complexity index is 1070. The number of halogens is 1. The first-order valence-electron chi connectivity index (χ1n) is 9.48. The molecular formula is C22H23ClN4O3S. The van der Waals surface area contributed by atoms with E-state index < -0.39 is 0 Å². The van der Waals surface area contributed by atoms with Crippen LogP contribution in [0.25, 0.3) is 11.3 Å². The molecule has 0 radical (unpaired) electrons. The number of likely N-dealkylation sites (N-methyl/N-ethyl adjacent to an activating group) is 1. The predicted molar refractivity (Wildman–Crippen MR) is 125 cm³/mol. The highest BCUT2D eigenvalue weighted by atomic mass is 35.5. The smallest absolute Gasteiger partial charge is 0.240 e. The number of ether oxygens (including phenoxy) is 1. The summed E-state index contributed by atoms with van der Waals surface area (Å²) in [6.45, 7) is 2.09. The van der Waals surface area contributed by atoms with Gasteiger partial charge in [-0.15, -0.1) is 11.3 Å². The van der Waals surface area contributed by atoms with Gasteiger partial charge in [0.15, 0.2) is 5.13 Å². The van der Waals surface area contributed by atoms with Crippen molar-refractivity contribution in [3.8, 4) is 17.0 Å². The van der Waals surface area contributed by atoms with E-state index in [1.165, 1.54) is 24.0 Å². The lowest BCUT2D eigenvalue weighted by atomic mass is 10.1.